The van der Waals surface area contributed by atoms with Crippen molar-refractivity contribution in [3.63, 3.8) is 0 Å². The molecule has 5 nitrogen and oxygen atoms in total. The van der Waals surface area contributed by atoms with Gasteiger partial charge in [-0.15, -0.1) is 0 Å². The number of hydrogen-bond acceptors (Lipinski definition) is 4. The molecule has 0 aliphatic rings. The molecule has 1 amide bonds. The Kier molecular flexibility index (Phi) is 5.86. The molecule has 2 rings (SSSR count). The number of ether oxygens (including phenoxy) is 3. The highest BCUT2D eigenvalue weighted by molar-refractivity contribution is 5.78. The van der Waals surface area contributed by atoms with E-state index in [1.165, 1.54) is 0 Å². The molecule has 0 heterocycles. The van der Waals surface area contributed by atoms with Crippen LogP contribution in [0.1, 0.15) is 11.1 Å². The molecule has 0 fully saturated rings. The molecule has 0 bridgehead atoms. The van der Waals surface area contributed by atoms with E-state index >= 15 is 0 Å². The van der Waals surface area contributed by atoms with Crippen molar-refractivity contribution in [3.05, 3.63) is 53.6 Å². The number of amides is 1. The monoisotopic (exact) mass is 315 g/mol. The van der Waals surface area contributed by atoms with Crippen LogP contribution in [-0.4, -0.2) is 27.2 Å². The number of methoxy groups -OCH3 is 3. The fourth-order valence-electron chi connectivity index (χ4n) is 2.28. The summed E-state index contributed by atoms with van der Waals surface area (Å²) in [4.78, 5) is 12.0. The molecule has 2 aromatic rings. The standard InChI is InChI=1S/C18H21NO4/c1-21-15-9-14(10-16(22-2)18(15)23-3)12-19-17(20)11-13-7-5-4-6-8-13/h4-10H,11-12H2,1-3H3,(H,19,20). The number of carbonyl (C=O) groups excluding carboxylic acids is 1. The molecule has 2 aromatic carbocycles. The third kappa shape index (κ3) is 4.39. The summed E-state index contributed by atoms with van der Waals surface area (Å²) in [5.41, 5.74) is 1.86. The second-order valence-electron chi connectivity index (χ2n) is 4.97. The van der Waals surface area contributed by atoms with Crippen molar-refractivity contribution < 1.29 is 19.0 Å². The van der Waals surface area contributed by atoms with Gasteiger partial charge < -0.3 is 19.5 Å². The Balaban J connectivity index is 2.04. The van der Waals surface area contributed by atoms with Gasteiger partial charge >= 0.3 is 0 Å². The van der Waals surface area contributed by atoms with Gasteiger partial charge in [-0.3, -0.25) is 4.79 Å². The van der Waals surface area contributed by atoms with Crippen molar-refractivity contribution >= 4 is 5.91 Å². The van der Waals surface area contributed by atoms with E-state index in [1.54, 1.807) is 21.3 Å². The summed E-state index contributed by atoms with van der Waals surface area (Å²) in [6, 6.07) is 13.3. The van der Waals surface area contributed by atoms with Gasteiger partial charge in [-0.25, -0.2) is 0 Å². The van der Waals surface area contributed by atoms with Crippen molar-refractivity contribution in [2.75, 3.05) is 21.3 Å². The van der Waals surface area contributed by atoms with Crippen LogP contribution in [0.25, 0.3) is 0 Å². The summed E-state index contributed by atoms with van der Waals surface area (Å²) in [5, 5.41) is 2.90. The summed E-state index contributed by atoms with van der Waals surface area (Å²) >= 11 is 0. The summed E-state index contributed by atoms with van der Waals surface area (Å²) in [6.07, 6.45) is 0.352. The molecule has 122 valence electrons. The largest absolute Gasteiger partial charge is 0.493 e. The van der Waals surface area contributed by atoms with E-state index in [2.05, 4.69) is 5.32 Å². The van der Waals surface area contributed by atoms with Crippen molar-refractivity contribution in [2.24, 2.45) is 0 Å². The van der Waals surface area contributed by atoms with E-state index in [4.69, 9.17) is 14.2 Å². The molecule has 5 heteroatoms. The average Bonchev–Trinajstić information content (AvgIpc) is 2.59. The van der Waals surface area contributed by atoms with Gasteiger partial charge in [0.15, 0.2) is 11.5 Å². The molecular weight excluding hydrogens is 294 g/mol. The summed E-state index contributed by atoms with van der Waals surface area (Å²) < 4.78 is 15.9. The first kappa shape index (κ1) is 16.7. The fraction of sp³-hybridized carbons (Fsp3) is 0.278. The average molecular weight is 315 g/mol. The van der Waals surface area contributed by atoms with Gasteiger partial charge in [0, 0.05) is 6.54 Å². The highest BCUT2D eigenvalue weighted by atomic mass is 16.5. The van der Waals surface area contributed by atoms with E-state index in [1.807, 2.05) is 42.5 Å². The number of rotatable bonds is 7. The lowest BCUT2D eigenvalue weighted by Crippen LogP contribution is -2.24. The first-order valence-corrected chi connectivity index (χ1v) is 7.27. The van der Waals surface area contributed by atoms with Crippen molar-refractivity contribution in [1.29, 1.82) is 0 Å². The van der Waals surface area contributed by atoms with Crippen LogP contribution in [-0.2, 0) is 17.8 Å². The van der Waals surface area contributed by atoms with Crippen LogP contribution in [0, 0.1) is 0 Å². The van der Waals surface area contributed by atoms with Gasteiger partial charge in [0.2, 0.25) is 11.7 Å². The lowest BCUT2D eigenvalue weighted by molar-refractivity contribution is -0.120. The predicted octanol–water partition coefficient (Wildman–Crippen LogP) is 2.57. The minimum atomic E-state index is -0.0371. The van der Waals surface area contributed by atoms with Crippen LogP contribution in [0.2, 0.25) is 0 Å². The highest BCUT2D eigenvalue weighted by Crippen LogP contribution is 2.38. The Morgan fingerprint density at radius 3 is 2.04 bits per heavy atom. The summed E-state index contributed by atoms with van der Waals surface area (Å²) in [6.45, 7) is 0.391. The highest BCUT2D eigenvalue weighted by Gasteiger charge is 2.13. The minimum absolute atomic E-state index is 0.0371. The summed E-state index contributed by atoms with van der Waals surface area (Å²) in [5.74, 6) is 1.64. The maximum absolute atomic E-state index is 12.0. The van der Waals surface area contributed by atoms with E-state index in [-0.39, 0.29) is 5.91 Å². The predicted molar refractivity (Wildman–Crippen MR) is 88.1 cm³/mol. The lowest BCUT2D eigenvalue weighted by Gasteiger charge is -2.14. The Labute approximate surface area is 136 Å². The first-order valence-electron chi connectivity index (χ1n) is 7.27. The van der Waals surface area contributed by atoms with Gasteiger partial charge in [-0.05, 0) is 23.3 Å². The van der Waals surface area contributed by atoms with Gasteiger partial charge in [0.25, 0.3) is 0 Å². The lowest BCUT2D eigenvalue weighted by atomic mass is 10.1. The van der Waals surface area contributed by atoms with Crippen LogP contribution in [0.5, 0.6) is 17.2 Å². The SMILES string of the molecule is COc1cc(CNC(=O)Cc2ccccc2)cc(OC)c1OC. The van der Waals surface area contributed by atoms with Gasteiger partial charge in [0.1, 0.15) is 0 Å². The zero-order valence-corrected chi connectivity index (χ0v) is 13.6. The molecule has 0 radical (unpaired) electrons. The van der Waals surface area contributed by atoms with Crippen LogP contribution in [0.3, 0.4) is 0 Å². The van der Waals surface area contributed by atoms with Gasteiger partial charge in [-0.1, -0.05) is 30.3 Å². The second-order valence-corrected chi connectivity index (χ2v) is 4.97. The quantitative estimate of drug-likeness (QED) is 0.853. The maximum Gasteiger partial charge on any atom is 0.224 e. The zero-order valence-electron chi connectivity index (χ0n) is 13.6. The Hall–Kier alpha value is -2.69. The third-order valence-corrected chi connectivity index (χ3v) is 3.42. The normalized spacial score (nSPS) is 10.0. The summed E-state index contributed by atoms with van der Waals surface area (Å²) in [7, 11) is 4.69. The van der Waals surface area contributed by atoms with Gasteiger partial charge in [-0.2, -0.15) is 0 Å². The minimum Gasteiger partial charge on any atom is -0.493 e. The third-order valence-electron chi connectivity index (χ3n) is 3.42. The number of nitrogens with one attached hydrogen (secondary N) is 1. The molecule has 0 saturated heterocycles. The Morgan fingerprint density at radius 1 is 0.913 bits per heavy atom. The van der Waals surface area contributed by atoms with Crippen molar-refractivity contribution in [1.82, 2.24) is 5.32 Å². The van der Waals surface area contributed by atoms with Crippen LogP contribution in [0.15, 0.2) is 42.5 Å². The van der Waals surface area contributed by atoms with Gasteiger partial charge in [0.05, 0.1) is 27.8 Å². The maximum atomic E-state index is 12.0. The molecule has 0 aliphatic heterocycles. The molecule has 0 unspecified atom stereocenters. The van der Waals surface area contributed by atoms with E-state index in [0.717, 1.165) is 11.1 Å². The second kappa shape index (κ2) is 8.08. The molecule has 0 spiro atoms. The first-order chi connectivity index (χ1) is 11.2. The number of hydrogen-bond donors (Lipinski definition) is 1. The molecule has 0 saturated carbocycles. The molecule has 23 heavy (non-hydrogen) atoms. The van der Waals surface area contributed by atoms with E-state index in [0.29, 0.717) is 30.2 Å². The Morgan fingerprint density at radius 2 is 1.52 bits per heavy atom. The fourth-order valence-corrected chi connectivity index (χ4v) is 2.28. The Bertz CT molecular complexity index is 630. The zero-order chi connectivity index (χ0) is 16.7. The van der Waals surface area contributed by atoms with Crippen molar-refractivity contribution in [3.8, 4) is 17.2 Å². The number of carbonyl (C=O) groups is 1. The van der Waals surface area contributed by atoms with E-state index < -0.39 is 0 Å². The van der Waals surface area contributed by atoms with E-state index in [9.17, 15) is 4.79 Å². The molecule has 0 aliphatic carbocycles. The van der Waals surface area contributed by atoms with Crippen molar-refractivity contribution in [2.45, 2.75) is 13.0 Å². The van der Waals surface area contributed by atoms with Crippen LogP contribution >= 0.6 is 0 Å². The molecular formula is C18H21NO4. The topological polar surface area (TPSA) is 56.8 Å². The molecule has 0 aromatic heterocycles. The smallest absolute Gasteiger partial charge is 0.224 e. The molecule has 0 atom stereocenters. The number of benzene rings is 2. The van der Waals surface area contributed by atoms with Crippen LogP contribution < -0.4 is 19.5 Å². The van der Waals surface area contributed by atoms with Crippen LogP contribution in [0.4, 0.5) is 0 Å². The molecule has 1 N–H and O–H groups in total.